The Morgan fingerprint density at radius 1 is 1.40 bits per heavy atom. The van der Waals surface area contributed by atoms with E-state index in [9.17, 15) is 14.0 Å². The monoisotopic (exact) mass is 278 g/mol. The van der Waals surface area contributed by atoms with Gasteiger partial charge >= 0.3 is 0 Å². The van der Waals surface area contributed by atoms with E-state index in [1.54, 1.807) is 13.1 Å². The number of para-hydroxylation sites is 1. The molecule has 1 amide bonds. The summed E-state index contributed by atoms with van der Waals surface area (Å²) in [5, 5.41) is 2.63. The van der Waals surface area contributed by atoms with E-state index in [4.69, 9.17) is 0 Å². The molecule has 1 fully saturated rings. The molecule has 0 aliphatic carbocycles. The molecule has 1 aliphatic rings. The number of anilines is 1. The second kappa shape index (κ2) is 6.03. The third-order valence-corrected chi connectivity index (χ3v) is 3.72. The number of piperidine rings is 1. The van der Waals surface area contributed by atoms with E-state index in [1.807, 2.05) is 4.90 Å². The first-order valence-corrected chi connectivity index (χ1v) is 6.80. The van der Waals surface area contributed by atoms with Crippen molar-refractivity contribution in [3.8, 4) is 0 Å². The number of Topliss-reactive ketones (excluding diaryl/α,β-unsaturated/α-hetero) is 1. The number of nitrogens with zero attached hydrogens (tertiary/aromatic N) is 1. The summed E-state index contributed by atoms with van der Waals surface area (Å²) in [7, 11) is 1.60. The number of carbonyl (C=O) groups excluding carboxylic acids is 2. The van der Waals surface area contributed by atoms with Gasteiger partial charge in [-0.25, -0.2) is 4.39 Å². The molecule has 1 heterocycles. The lowest BCUT2D eigenvalue weighted by Crippen LogP contribution is -2.43. The summed E-state index contributed by atoms with van der Waals surface area (Å²) in [6.45, 7) is 2.54. The van der Waals surface area contributed by atoms with Gasteiger partial charge in [0.25, 0.3) is 0 Å². The summed E-state index contributed by atoms with van der Waals surface area (Å²) in [5.74, 6) is -0.764. The maximum Gasteiger partial charge on any atom is 0.224 e. The van der Waals surface area contributed by atoms with Crippen molar-refractivity contribution in [3.63, 3.8) is 0 Å². The summed E-state index contributed by atoms with van der Waals surface area (Å²) in [5.41, 5.74) is 0.705. The highest BCUT2D eigenvalue weighted by atomic mass is 19.1. The highest BCUT2D eigenvalue weighted by molar-refractivity contribution is 6.00. The van der Waals surface area contributed by atoms with Crippen molar-refractivity contribution in [2.24, 2.45) is 5.92 Å². The molecule has 1 aromatic carbocycles. The molecule has 1 N–H and O–H groups in total. The van der Waals surface area contributed by atoms with Gasteiger partial charge in [-0.2, -0.15) is 0 Å². The first-order chi connectivity index (χ1) is 9.54. The molecule has 1 saturated heterocycles. The van der Waals surface area contributed by atoms with Gasteiger partial charge in [0.05, 0.1) is 11.6 Å². The van der Waals surface area contributed by atoms with Crippen molar-refractivity contribution in [1.82, 2.24) is 5.32 Å². The van der Waals surface area contributed by atoms with E-state index in [2.05, 4.69) is 5.32 Å². The first kappa shape index (κ1) is 14.5. The molecule has 2 rings (SSSR count). The zero-order valence-corrected chi connectivity index (χ0v) is 11.8. The summed E-state index contributed by atoms with van der Waals surface area (Å²) >= 11 is 0. The Bertz CT molecular complexity index is 531. The normalized spacial score (nSPS) is 18.8. The van der Waals surface area contributed by atoms with Crippen LogP contribution in [0.15, 0.2) is 18.2 Å². The van der Waals surface area contributed by atoms with Crippen molar-refractivity contribution >= 4 is 17.4 Å². The van der Waals surface area contributed by atoms with Crippen LogP contribution in [0, 0.1) is 11.7 Å². The Kier molecular flexibility index (Phi) is 4.37. The van der Waals surface area contributed by atoms with Crippen LogP contribution < -0.4 is 10.2 Å². The van der Waals surface area contributed by atoms with E-state index in [1.165, 1.54) is 19.1 Å². The molecule has 0 radical (unpaired) electrons. The van der Waals surface area contributed by atoms with Gasteiger partial charge in [0.15, 0.2) is 5.78 Å². The van der Waals surface area contributed by atoms with Crippen LogP contribution in [0.4, 0.5) is 10.1 Å². The van der Waals surface area contributed by atoms with Crippen LogP contribution in [0.5, 0.6) is 0 Å². The second-order valence-electron chi connectivity index (χ2n) is 5.09. The average Bonchev–Trinajstić information content (AvgIpc) is 2.46. The lowest BCUT2D eigenvalue weighted by molar-refractivity contribution is -0.124. The van der Waals surface area contributed by atoms with E-state index < -0.39 is 5.82 Å². The molecule has 108 valence electrons. The fourth-order valence-electron chi connectivity index (χ4n) is 2.72. The van der Waals surface area contributed by atoms with Crippen molar-refractivity contribution in [1.29, 1.82) is 0 Å². The second-order valence-corrected chi connectivity index (χ2v) is 5.09. The first-order valence-electron chi connectivity index (χ1n) is 6.80. The summed E-state index contributed by atoms with van der Waals surface area (Å²) in [4.78, 5) is 25.2. The Morgan fingerprint density at radius 2 is 2.15 bits per heavy atom. The summed E-state index contributed by atoms with van der Waals surface area (Å²) < 4.78 is 14.1. The molecule has 0 saturated carbocycles. The van der Waals surface area contributed by atoms with Crippen molar-refractivity contribution < 1.29 is 14.0 Å². The number of benzene rings is 1. The zero-order chi connectivity index (χ0) is 14.7. The standard InChI is InChI=1S/C15H19FN2O2/c1-10(19)12-6-3-7-13(16)14(12)18-8-4-5-11(9-18)15(20)17-2/h3,6-7,11H,4-5,8-9H2,1-2H3,(H,17,20). The maximum absolute atomic E-state index is 14.1. The fraction of sp³-hybridized carbons (Fsp3) is 0.467. The minimum absolute atomic E-state index is 0.0320. The fourth-order valence-corrected chi connectivity index (χ4v) is 2.72. The van der Waals surface area contributed by atoms with E-state index in [0.29, 0.717) is 24.3 Å². The molecule has 1 atom stereocenters. The molecule has 1 aliphatic heterocycles. The third-order valence-electron chi connectivity index (χ3n) is 3.72. The van der Waals surface area contributed by atoms with Crippen molar-refractivity contribution in [2.75, 3.05) is 25.0 Å². The van der Waals surface area contributed by atoms with Gasteiger partial charge in [0.2, 0.25) is 5.91 Å². The number of amides is 1. The lowest BCUT2D eigenvalue weighted by atomic mass is 9.95. The van der Waals surface area contributed by atoms with Crippen LogP contribution in [-0.4, -0.2) is 31.8 Å². The highest BCUT2D eigenvalue weighted by Gasteiger charge is 2.28. The van der Waals surface area contributed by atoms with Crippen LogP contribution in [0.2, 0.25) is 0 Å². The molecule has 1 aromatic rings. The summed E-state index contributed by atoms with van der Waals surface area (Å²) in [6, 6.07) is 4.52. The van der Waals surface area contributed by atoms with Gasteiger partial charge in [0, 0.05) is 25.7 Å². The van der Waals surface area contributed by atoms with Crippen LogP contribution >= 0.6 is 0 Å². The number of halogens is 1. The largest absolute Gasteiger partial charge is 0.368 e. The van der Waals surface area contributed by atoms with Gasteiger partial charge < -0.3 is 10.2 Å². The van der Waals surface area contributed by atoms with Gasteiger partial charge in [-0.3, -0.25) is 9.59 Å². The van der Waals surface area contributed by atoms with Crippen molar-refractivity contribution in [3.05, 3.63) is 29.6 Å². The van der Waals surface area contributed by atoms with Gasteiger partial charge in [-0.05, 0) is 31.9 Å². The lowest BCUT2D eigenvalue weighted by Gasteiger charge is -2.34. The molecule has 1 unspecified atom stereocenters. The maximum atomic E-state index is 14.1. The van der Waals surface area contributed by atoms with Crippen LogP contribution in [0.1, 0.15) is 30.1 Å². The molecular weight excluding hydrogens is 259 g/mol. The number of nitrogens with one attached hydrogen (secondary N) is 1. The summed E-state index contributed by atoms with van der Waals surface area (Å²) in [6.07, 6.45) is 1.60. The SMILES string of the molecule is CNC(=O)C1CCCN(c2c(F)cccc2C(C)=O)C1. The van der Waals surface area contributed by atoms with E-state index in [-0.39, 0.29) is 17.6 Å². The quantitative estimate of drug-likeness (QED) is 0.860. The van der Waals surface area contributed by atoms with Crippen LogP contribution in [0.3, 0.4) is 0 Å². The number of hydrogen-bond donors (Lipinski definition) is 1. The Morgan fingerprint density at radius 3 is 2.80 bits per heavy atom. The predicted molar refractivity (Wildman–Crippen MR) is 75.4 cm³/mol. The molecule has 0 bridgehead atoms. The molecule has 0 spiro atoms. The smallest absolute Gasteiger partial charge is 0.224 e. The Labute approximate surface area is 118 Å². The van der Waals surface area contributed by atoms with Gasteiger partial charge in [-0.1, -0.05) is 6.07 Å². The van der Waals surface area contributed by atoms with Crippen molar-refractivity contribution in [2.45, 2.75) is 19.8 Å². The number of ketones is 1. The van der Waals surface area contributed by atoms with Crippen LogP contribution in [-0.2, 0) is 4.79 Å². The minimum atomic E-state index is -0.407. The molecular formula is C15H19FN2O2. The zero-order valence-electron chi connectivity index (χ0n) is 11.8. The number of hydrogen-bond acceptors (Lipinski definition) is 3. The number of rotatable bonds is 3. The predicted octanol–water partition coefficient (Wildman–Crippen LogP) is 1.99. The molecule has 4 nitrogen and oxygen atoms in total. The molecule has 20 heavy (non-hydrogen) atoms. The Balaban J connectivity index is 2.31. The van der Waals surface area contributed by atoms with E-state index in [0.717, 1.165) is 12.8 Å². The van der Waals surface area contributed by atoms with E-state index >= 15 is 0 Å². The molecule has 0 aromatic heterocycles. The molecule has 5 heteroatoms. The van der Waals surface area contributed by atoms with Gasteiger partial charge in [0.1, 0.15) is 5.82 Å². The third kappa shape index (κ3) is 2.81. The topological polar surface area (TPSA) is 49.4 Å². The van der Waals surface area contributed by atoms with Gasteiger partial charge in [-0.15, -0.1) is 0 Å². The minimum Gasteiger partial charge on any atom is -0.368 e. The number of carbonyl (C=O) groups is 2. The average molecular weight is 278 g/mol. The highest BCUT2D eigenvalue weighted by Crippen LogP contribution is 2.29. The van der Waals surface area contributed by atoms with Crippen LogP contribution in [0.25, 0.3) is 0 Å². The Hall–Kier alpha value is -1.91.